The van der Waals surface area contributed by atoms with Crippen LogP contribution < -0.4 is 5.32 Å². The molecule has 9 N–H and O–H groups in total. The number of aliphatic hydroxyl groups is 8. The normalized spacial score (nSPS) is 27.1. The van der Waals surface area contributed by atoms with Gasteiger partial charge in [0.1, 0.15) is 48.8 Å². The molecule has 388 valence electrons. The zero-order valence-electron chi connectivity index (χ0n) is 41.1. The zero-order valence-corrected chi connectivity index (χ0v) is 41.1. The van der Waals surface area contributed by atoms with Gasteiger partial charge in [0.25, 0.3) is 0 Å². The van der Waals surface area contributed by atoms with E-state index in [2.05, 4.69) is 79.9 Å². The van der Waals surface area contributed by atoms with E-state index >= 15 is 0 Å². The van der Waals surface area contributed by atoms with Crippen molar-refractivity contribution in [2.24, 2.45) is 0 Å². The first-order chi connectivity index (χ1) is 32.6. The second-order valence-corrected chi connectivity index (χ2v) is 18.3. The van der Waals surface area contributed by atoms with Crippen molar-refractivity contribution in [3.8, 4) is 0 Å². The van der Waals surface area contributed by atoms with Crippen LogP contribution in [0.2, 0.25) is 0 Å². The Balaban J connectivity index is 1.72. The Kier molecular flexibility index (Phi) is 35.8. The number of carbonyl (C=O) groups is 1. The lowest BCUT2D eigenvalue weighted by Crippen LogP contribution is -2.65. The van der Waals surface area contributed by atoms with Gasteiger partial charge in [0.05, 0.1) is 32.0 Å². The van der Waals surface area contributed by atoms with Gasteiger partial charge >= 0.3 is 0 Å². The zero-order chi connectivity index (χ0) is 48.9. The van der Waals surface area contributed by atoms with Crippen molar-refractivity contribution in [3.05, 3.63) is 60.8 Å². The highest BCUT2D eigenvalue weighted by molar-refractivity contribution is 5.76. The van der Waals surface area contributed by atoms with Gasteiger partial charge in [0.2, 0.25) is 5.91 Å². The van der Waals surface area contributed by atoms with Crippen molar-refractivity contribution in [3.63, 3.8) is 0 Å². The summed E-state index contributed by atoms with van der Waals surface area (Å²) < 4.78 is 22.7. The van der Waals surface area contributed by atoms with Crippen LogP contribution in [0.1, 0.15) is 174 Å². The number of hydrogen-bond acceptors (Lipinski definition) is 13. The molecule has 2 saturated heterocycles. The molecule has 0 spiro atoms. The number of ether oxygens (including phenoxy) is 4. The maximum absolute atomic E-state index is 13.2. The fraction of sp³-hybridized carbons (Fsp3) is 0.792. The van der Waals surface area contributed by atoms with Gasteiger partial charge in [0, 0.05) is 6.42 Å². The molecular formula is C53H93NO13. The molecule has 0 saturated carbocycles. The van der Waals surface area contributed by atoms with Gasteiger partial charge in [-0.1, -0.05) is 171 Å². The number of carbonyl (C=O) groups excluding carboxylic acids is 1. The number of hydrogen-bond donors (Lipinski definition) is 9. The molecule has 2 aliphatic heterocycles. The first kappa shape index (κ1) is 60.8. The van der Waals surface area contributed by atoms with Crippen molar-refractivity contribution < 1.29 is 64.6 Å². The summed E-state index contributed by atoms with van der Waals surface area (Å²) in [5.74, 6) is -0.220. The van der Waals surface area contributed by atoms with Gasteiger partial charge in [0.15, 0.2) is 12.6 Å². The first-order valence-corrected chi connectivity index (χ1v) is 26.0. The average Bonchev–Trinajstić information content (AvgIpc) is 3.32. The minimum Gasteiger partial charge on any atom is -0.394 e. The topological polar surface area (TPSA) is 228 Å². The lowest BCUT2D eigenvalue weighted by atomic mass is 9.97. The quantitative estimate of drug-likeness (QED) is 0.0223. The van der Waals surface area contributed by atoms with Crippen LogP contribution in [-0.4, -0.2) is 140 Å². The predicted octanol–water partition coefficient (Wildman–Crippen LogP) is 7.05. The minimum absolute atomic E-state index is 0.220. The molecule has 12 unspecified atom stereocenters. The summed E-state index contributed by atoms with van der Waals surface area (Å²) in [5.41, 5.74) is 0. The van der Waals surface area contributed by atoms with Crippen LogP contribution in [0.4, 0.5) is 0 Å². The van der Waals surface area contributed by atoms with Crippen LogP contribution in [-0.2, 0) is 23.7 Å². The maximum atomic E-state index is 13.2. The van der Waals surface area contributed by atoms with E-state index in [1.807, 2.05) is 0 Å². The van der Waals surface area contributed by atoms with E-state index in [0.29, 0.717) is 19.3 Å². The highest BCUT2D eigenvalue weighted by atomic mass is 16.7. The maximum Gasteiger partial charge on any atom is 0.220 e. The third-order valence-electron chi connectivity index (χ3n) is 12.5. The van der Waals surface area contributed by atoms with Crippen LogP contribution in [0.5, 0.6) is 0 Å². The number of unbranched alkanes of at least 4 members (excludes halogenated alkanes) is 16. The first-order valence-electron chi connectivity index (χ1n) is 26.0. The van der Waals surface area contributed by atoms with Gasteiger partial charge in [-0.05, 0) is 57.8 Å². The summed E-state index contributed by atoms with van der Waals surface area (Å²) in [6, 6.07) is -0.832. The Morgan fingerprint density at radius 3 is 1.58 bits per heavy atom. The third kappa shape index (κ3) is 26.5. The van der Waals surface area contributed by atoms with Gasteiger partial charge in [-0.3, -0.25) is 4.79 Å². The Bertz CT molecular complexity index is 1360. The van der Waals surface area contributed by atoms with Crippen molar-refractivity contribution in [1.29, 1.82) is 0 Å². The van der Waals surface area contributed by atoms with E-state index in [4.69, 9.17) is 18.9 Å². The summed E-state index contributed by atoms with van der Waals surface area (Å²) in [6.45, 7) is 2.67. The fourth-order valence-electron chi connectivity index (χ4n) is 8.26. The number of rotatable bonds is 39. The van der Waals surface area contributed by atoms with Crippen LogP contribution in [0.25, 0.3) is 0 Å². The summed E-state index contributed by atoms with van der Waals surface area (Å²) in [5, 5.41) is 86.7. The smallest absolute Gasteiger partial charge is 0.220 e. The predicted molar refractivity (Wildman–Crippen MR) is 263 cm³/mol. The summed E-state index contributed by atoms with van der Waals surface area (Å²) in [7, 11) is 0. The van der Waals surface area contributed by atoms with E-state index < -0.39 is 86.8 Å². The van der Waals surface area contributed by atoms with Gasteiger partial charge in [-0.25, -0.2) is 0 Å². The number of aliphatic hydroxyl groups excluding tert-OH is 8. The standard InChI is InChI=1S/C53H93NO13/c1-3-5-7-9-11-13-14-15-16-17-18-19-20-21-22-23-24-25-26-27-28-29-31-33-35-37-45(58)54-41(42(57)36-34-32-30-12-10-8-6-4-2)40-64-52-50(63)48(61)51(44(39-56)66-52)67-53-49(62)47(60)46(59)43(38-55)65-53/h5,7,11,13,15-16,18-19,21-22,41-44,46-53,55-57,59-63H,3-4,6,8-10,12,14,17,20,23-40H2,1-2H3,(H,54,58)/b7-5-,13-11-,16-15-,19-18-,22-21-. The van der Waals surface area contributed by atoms with E-state index in [1.54, 1.807) is 0 Å². The van der Waals surface area contributed by atoms with Crippen LogP contribution in [0.15, 0.2) is 60.8 Å². The molecule has 2 aliphatic rings. The molecule has 14 nitrogen and oxygen atoms in total. The fourth-order valence-corrected chi connectivity index (χ4v) is 8.26. The molecule has 0 aliphatic carbocycles. The van der Waals surface area contributed by atoms with Gasteiger partial charge < -0.3 is 65.1 Å². The second-order valence-electron chi connectivity index (χ2n) is 18.3. The Hall–Kier alpha value is -2.31. The highest BCUT2D eigenvalue weighted by Crippen LogP contribution is 2.30. The Labute approximate surface area is 403 Å². The van der Waals surface area contributed by atoms with Crippen molar-refractivity contribution in [2.75, 3.05) is 19.8 Å². The third-order valence-corrected chi connectivity index (χ3v) is 12.5. The largest absolute Gasteiger partial charge is 0.394 e. The summed E-state index contributed by atoms with van der Waals surface area (Å²) in [6.07, 6.45) is 31.0. The molecule has 12 atom stereocenters. The molecule has 0 aromatic rings. The molecule has 67 heavy (non-hydrogen) atoms. The molecule has 0 bridgehead atoms. The summed E-state index contributed by atoms with van der Waals surface area (Å²) in [4.78, 5) is 13.2. The molecule has 0 radical (unpaired) electrons. The van der Waals surface area contributed by atoms with Crippen LogP contribution >= 0.6 is 0 Å². The lowest BCUT2D eigenvalue weighted by Gasteiger charge is -2.46. The van der Waals surface area contributed by atoms with E-state index in [-0.39, 0.29) is 12.5 Å². The number of amides is 1. The van der Waals surface area contributed by atoms with Crippen LogP contribution in [0, 0.1) is 0 Å². The molecule has 14 heteroatoms. The molecular weight excluding hydrogens is 859 g/mol. The Morgan fingerprint density at radius 1 is 0.552 bits per heavy atom. The molecule has 0 aromatic carbocycles. The van der Waals surface area contributed by atoms with Gasteiger partial charge in [-0.2, -0.15) is 0 Å². The molecule has 2 fully saturated rings. The van der Waals surface area contributed by atoms with Crippen LogP contribution in [0.3, 0.4) is 0 Å². The van der Waals surface area contributed by atoms with Gasteiger partial charge in [-0.15, -0.1) is 0 Å². The second kappa shape index (κ2) is 39.4. The van der Waals surface area contributed by atoms with Crippen molar-refractivity contribution >= 4 is 5.91 Å². The summed E-state index contributed by atoms with van der Waals surface area (Å²) >= 11 is 0. The minimum atomic E-state index is -1.78. The highest BCUT2D eigenvalue weighted by Gasteiger charge is 2.51. The molecule has 2 rings (SSSR count). The molecule has 0 aromatic heterocycles. The van der Waals surface area contributed by atoms with E-state index in [1.165, 1.54) is 57.8 Å². The molecule has 1 amide bonds. The SMILES string of the molecule is CC/C=C\C/C=C\C/C=C\C/C=C\C/C=C\CCCCCCCCCCCC(=O)NC(COC1OC(CO)C(OC2OC(CO)C(O)C(O)C2O)C(O)C1O)C(O)CCCCCCCCCC. The Morgan fingerprint density at radius 2 is 1.03 bits per heavy atom. The average molecular weight is 952 g/mol. The van der Waals surface area contributed by atoms with Crippen molar-refractivity contribution in [2.45, 2.75) is 248 Å². The van der Waals surface area contributed by atoms with Crippen molar-refractivity contribution in [1.82, 2.24) is 5.32 Å². The number of allylic oxidation sites excluding steroid dienone is 10. The lowest BCUT2D eigenvalue weighted by molar-refractivity contribution is -0.359. The van der Waals surface area contributed by atoms with E-state index in [0.717, 1.165) is 83.5 Å². The monoisotopic (exact) mass is 952 g/mol. The molecule has 2 heterocycles. The number of nitrogens with one attached hydrogen (secondary N) is 1. The van der Waals surface area contributed by atoms with E-state index in [9.17, 15) is 45.6 Å².